The van der Waals surface area contributed by atoms with Crippen molar-refractivity contribution < 1.29 is 4.79 Å². The summed E-state index contributed by atoms with van der Waals surface area (Å²) in [6.07, 6.45) is 2.55. The van der Waals surface area contributed by atoms with Crippen LogP contribution in [0.25, 0.3) is 0 Å². The quantitative estimate of drug-likeness (QED) is 0.737. The van der Waals surface area contributed by atoms with Crippen molar-refractivity contribution in [2.45, 2.75) is 26.9 Å². The molecule has 0 aliphatic rings. The smallest absolute Gasteiger partial charge is 0.271 e. The molecule has 2 heterocycles. The van der Waals surface area contributed by atoms with Crippen molar-refractivity contribution in [1.82, 2.24) is 24.9 Å². The summed E-state index contributed by atoms with van der Waals surface area (Å²) in [5, 5.41) is 12.2. The van der Waals surface area contributed by atoms with Crippen LogP contribution in [0.3, 0.4) is 0 Å². The number of hydrogen-bond acceptors (Lipinski definition) is 3. The Labute approximate surface area is 151 Å². The van der Waals surface area contributed by atoms with E-state index in [1.807, 2.05) is 44.2 Å². The lowest BCUT2D eigenvalue weighted by Gasteiger charge is -2.05. The maximum atomic E-state index is 12.2. The van der Waals surface area contributed by atoms with Gasteiger partial charge in [0.1, 0.15) is 12.4 Å². The summed E-state index contributed by atoms with van der Waals surface area (Å²) in [7, 11) is 0. The van der Waals surface area contributed by atoms with Gasteiger partial charge in [-0.05, 0) is 31.9 Å². The molecule has 0 bridgehead atoms. The van der Waals surface area contributed by atoms with Crippen LogP contribution in [0.2, 0.25) is 5.02 Å². The summed E-state index contributed by atoms with van der Waals surface area (Å²) < 4.78 is 3.43. The predicted molar refractivity (Wildman–Crippen MR) is 96.8 cm³/mol. The van der Waals surface area contributed by atoms with Crippen molar-refractivity contribution in [2.75, 3.05) is 6.54 Å². The second-order valence-corrected chi connectivity index (χ2v) is 6.24. The van der Waals surface area contributed by atoms with Gasteiger partial charge in [-0.3, -0.25) is 9.48 Å². The van der Waals surface area contributed by atoms with Crippen molar-refractivity contribution in [3.8, 4) is 0 Å². The number of nitrogens with zero attached hydrogens (tertiary/aromatic N) is 4. The van der Waals surface area contributed by atoms with Crippen molar-refractivity contribution in [2.24, 2.45) is 0 Å². The standard InChI is InChI=1S/C18H20ClN5O/c1-13-17(19)14(2)24(21-13)12-23-11-9-16(22-23)18(25)20-10-8-15-6-4-3-5-7-15/h3-7,9,11H,8,10,12H2,1-2H3,(H,20,25). The number of aromatic nitrogens is 4. The van der Waals surface area contributed by atoms with Gasteiger partial charge in [-0.1, -0.05) is 41.9 Å². The highest BCUT2D eigenvalue weighted by Crippen LogP contribution is 2.18. The second-order valence-electron chi connectivity index (χ2n) is 5.86. The zero-order chi connectivity index (χ0) is 17.8. The highest BCUT2D eigenvalue weighted by molar-refractivity contribution is 6.31. The molecular weight excluding hydrogens is 338 g/mol. The molecule has 130 valence electrons. The lowest BCUT2D eigenvalue weighted by atomic mass is 10.1. The molecule has 1 aromatic carbocycles. The Kier molecular flexibility index (Phi) is 5.19. The molecule has 2 aromatic heterocycles. The summed E-state index contributed by atoms with van der Waals surface area (Å²) in [6, 6.07) is 11.7. The fraction of sp³-hybridized carbons (Fsp3) is 0.278. The van der Waals surface area contributed by atoms with E-state index in [1.54, 1.807) is 21.6 Å². The summed E-state index contributed by atoms with van der Waals surface area (Å²) in [5.41, 5.74) is 3.24. The van der Waals surface area contributed by atoms with Gasteiger partial charge in [0, 0.05) is 12.7 Å². The van der Waals surface area contributed by atoms with Crippen LogP contribution in [-0.2, 0) is 13.1 Å². The maximum absolute atomic E-state index is 12.2. The van der Waals surface area contributed by atoms with Crippen LogP contribution in [0.1, 0.15) is 27.4 Å². The average Bonchev–Trinajstić information content (AvgIpc) is 3.17. The number of nitrogens with one attached hydrogen (secondary N) is 1. The van der Waals surface area contributed by atoms with Gasteiger partial charge < -0.3 is 5.32 Å². The third-order valence-electron chi connectivity index (χ3n) is 3.99. The van der Waals surface area contributed by atoms with Crippen LogP contribution in [0.5, 0.6) is 0 Å². The number of carbonyl (C=O) groups excluding carboxylic acids is 1. The van der Waals surface area contributed by atoms with E-state index in [-0.39, 0.29) is 5.91 Å². The van der Waals surface area contributed by atoms with E-state index in [9.17, 15) is 4.79 Å². The largest absolute Gasteiger partial charge is 0.350 e. The Bertz CT molecular complexity index is 869. The first-order valence-electron chi connectivity index (χ1n) is 8.09. The molecule has 1 N–H and O–H groups in total. The van der Waals surface area contributed by atoms with E-state index in [4.69, 9.17) is 11.6 Å². The Balaban J connectivity index is 1.57. The van der Waals surface area contributed by atoms with Crippen molar-refractivity contribution >= 4 is 17.5 Å². The van der Waals surface area contributed by atoms with Gasteiger partial charge in [-0.15, -0.1) is 0 Å². The minimum absolute atomic E-state index is 0.180. The molecule has 0 spiro atoms. The molecule has 0 saturated carbocycles. The summed E-state index contributed by atoms with van der Waals surface area (Å²) >= 11 is 6.15. The molecule has 0 unspecified atom stereocenters. The molecule has 0 atom stereocenters. The molecule has 7 heteroatoms. The highest BCUT2D eigenvalue weighted by atomic mass is 35.5. The van der Waals surface area contributed by atoms with E-state index in [2.05, 4.69) is 15.5 Å². The normalized spacial score (nSPS) is 10.8. The SMILES string of the molecule is Cc1nn(Cn2ccc(C(=O)NCCc3ccccc3)n2)c(C)c1Cl. The topological polar surface area (TPSA) is 64.7 Å². The van der Waals surface area contributed by atoms with Gasteiger partial charge in [0.25, 0.3) is 5.91 Å². The molecule has 0 fully saturated rings. The van der Waals surface area contributed by atoms with Gasteiger partial charge in [0.15, 0.2) is 0 Å². The molecular formula is C18H20ClN5O. The van der Waals surface area contributed by atoms with E-state index in [0.717, 1.165) is 17.8 Å². The number of aryl methyl sites for hydroxylation is 1. The number of rotatable bonds is 6. The monoisotopic (exact) mass is 357 g/mol. The third kappa shape index (κ3) is 4.09. The molecule has 3 aromatic rings. The first-order valence-corrected chi connectivity index (χ1v) is 8.47. The third-order valence-corrected chi connectivity index (χ3v) is 4.53. The fourth-order valence-electron chi connectivity index (χ4n) is 2.57. The summed E-state index contributed by atoms with van der Waals surface area (Å²) in [5.74, 6) is -0.180. The molecule has 3 rings (SSSR count). The Morgan fingerprint density at radius 3 is 2.60 bits per heavy atom. The van der Waals surface area contributed by atoms with Gasteiger partial charge in [-0.25, -0.2) is 4.68 Å². The Morgan fingerprint density at radius 2 is 1.92 bits per heavy atom. The van der Waals surface area contributed by atoms with E-state index in [0.29, 0.717) is 23.9 Å². The van der Waals surface area contributed by atoms with Gasteiger partial charge in [0.05, 0.1) is 16.4 Å². The van der Waals surface area contributed by atoms with Crippen molar-refractivity contribution in [3.05, 3.63) is 70.3 Å². The molecule has 0 saturated heterocycles. The first-order chi connectivity index (χ1) is 12.0. The highest BCUT2D eigenvalue weighted by Gasteiger charge is 2.12. The number of benzene rings is 1. The lowest BCUT2D eigenvalue weighted by Crippen LogP contribution is -2.26. The number of carbonyl (C=O) groups is 1. The Morgan fingerprint density at radius 1 is 1.16 bits per heavy atom. The predicted octanol–water partition coefficient (Wildman–Crippen LogP) is 2.83. The summed E-state index contributed by atoms with van der Waals surface area (Å²) in [6.45, 7) is 4.75. The zero-order valence-corrected chi connectivity index (χ0v) is 15.0. The lowest BCUT2D eigenvalue weighted by molar-refractivity contribution is 0.0948. The van der Waals surface area contributed by atoms with Crippen LogP contribution < -0.4 is 5.32 Å². The average molecular weight is 358 g/mol. The van der Waals surface area contributed by atoms with E-state index in [1.165, 1.54) is 5.56 Å². The second kappa shape index (κ2) is 7.53. The summed E-state index contributed by atoms with van der Waals surface area (Å²) in [4.78, 5) is 12.2. The zero-order valence-electron chi connectivity index (χ0n) is 14.2. The number of halogens is 1. The number of hydrogen-bond donors (Lipinski definition) is 1. The molecule has 1 amide bonds. The minimum atomic E-state index is -0.180. The number of amides is 1. The van der Waals surface area contributed by atoms with Gasteiger partial charge >= 0.3 is 0 Å². The molecule has 0 aliphatic heterocycles. The minimum Gasteiger partial charge on any atom is -0.350 e. The molecule has 0 radical (unpaired) electrons. The van der Waals surface area contributed by atoms with Crippen LogP contribution >= 0.6 is 11.6 Å². The van der Waals surface area contributed by atoms with Crippen LogP contribution in [0.4, 0.5) is 0 Å². The van der Waals surface area contributed by atoms with E-state index < -0.39 is 0 Å². The van der Waals surface area contributed by atoms with Crippen molar-refractivity contribution in [1.29, 1.82) is 0 Å². The maximum Gasteiger partial charge on any atom is 0.271 e. The molecule has 6 nitrogen and oxygen atoms in total. The van der Waals surface area contributed by atoms with Gasteiger partial charge in [0.2, 0.25) is 0 Å². The van der Waals surface area contributed by atoms with Gasteiger partial charge in [-0.2, -0.15) is 10.2 Å². The van der Waals surface area contributed by atoms with Crippen LogP contribution in [-0.4, -0.2) is 32.0 Å². The molecule has 25 heavy (non-hydrogen) atoms. The first kappa shape index (κ1) is 17.2. The van der Waals surface area contributed by atoms with Crippen molar-refractivity contribution in [3.63, 3.8) is 0 Å². The van der Waals surface area contributed by atoms with E-state index >= 15 is 0 Å². The molecule has 0 aliphatic carbocycles. The Hall–Kier alpha value is -2.60. The van der Waals surface area contributed by atoms with Crippen LogP contribution in [0, 0.1) is 13.8 Å². The fourth-order valence-corrected chi connectivity index (χ4v) is 2.70. The van der Waals surface area contributed by atoms with Crippen LogP contribution in [0.15, 0.2) is 42.6 Å².